The number of carbonyl (C=O) groups is 2. The molecule has 0 aliphatic carbocycles. The van der Waals surface area contributed by atoms with Crippen LogP contribution in [0.3, 0.4) is 0 Å². The van der Waals surface area contributed by atoms with Crippen molar-refractivity contribution in [2.45, 2.75) is 23.2 Å². The van der Waals surface area contributed by atoms with Crippen molar-refractivity contribution in [1.82, 2.24) is 9.97 Å². The Morgan fingerprint density at radius 1 is 1.22 bits per heavy atom. The number of methoxy groups -OCH3 is 1. The zero-order valence-electron chi connectivity index (χ0n) is 17.0. The van der Waals surface area contributed by atoms with Gasteiger partial charge in [-0.25, -0.2) is 9.37 Å². The number of aromatic nitrogens is 2. The van der Waals surface area contributed by atoms with Gasteiger partial charge in [-0.15, -0.1) is 0 Å². The normalized spacial score (nSPS) is 14.9. The van der Waals surface area contributed by atoms with Crippen molar-refractivity contribution < 1.29 is 18.7 Å². The van der Waals surface area contributed by atoms with Crippen LogP contribution >= 0.6 is 11.8 Å². The second kappa shape index (κ2) is 9.23. The van der Waals surface area contributed by atoms with Crippen LogP contribution in [0.15, 0.2) is 58.5 Å². The van der Waals surface area contributed by atoms with E-state index in [1.54, 1.807) is 36.4 Å². The van der Waals surface area contributed by atoms with Crippen molar-refractivity contribution in [3.63, 3.8) is 0 Å². The average molecular weight is 454 g/mol. The van der Waals surface area contributed by atoms with Gasteiger partial charge in [0.25, 0.3) is 5.56 Å². The van der Waals surface area contributed by atoms with E-state index in [-0.39, 0.29) is 28.8 Å². The van der Waals surface area contributed by atoms with E-state index in [0.29, 0.717) is 17.2 Å². The minimum Gasteiger partial charge on any atom is -0.495 e. The molecule has 8 nitrogen and oxygen atoms in total. The van der Waals surface area contributed by atoms with Crippen molar-refractivity contribution in [3.8, 4) is 5.75 Å². The van der Waals surface area contributed by atoms with Gasteiger partial charge in [0.1, 0.15) is 17.4 Å². The maximum atomic E-state index is 13.1. The van der Waals surface area contributed by atoms with Crippen LogP contribution in [0.5, 0.6) is 5.75 Å². The van der Waals surface area contributed by atoms with E-state index < -0.39 is 23.3 Å². The first-order valence-electron chi connectivity index (χ1n) is 9.70. The Morgan fingerprint density at radius 3 is 2.72 bits per heavy atom. The average Bonchev–Trinajstić information content (AvgIpc) is 2.78. The molecule has 0 bridgehead atoms. The predicted octanol–water partition coefficient (Wildman–Crippen LogP) is 3.27. The van der Waals surface area contributed by atoms with Crippen LogP contribution in [0.2, 0.25) is 0 Å². The van der Waals surface area contributed by atoms with Crippen molar-refractivity contribution in [1.29, 1.82) is 0 Å². The van der Waals surface area contributed by atoms with E-state index in [0.717, 1.165) is 5.56 Å². The first-order valence-corrected chi connectivity index (χ1v) is 10.7. The lowest BCUT2D eigenvalue weighted by Gasteiger charge is -2.23. The summed E-state index contributed by atoms with van der Waals surface area (Å²) in [5.74, 6) is -1.30. The smallest absolute Gasteiger partial charge is 0.257 e. The number of H-pyrrole nitrogens is 1. The number of nitrogens with one attached hydrogen (secondary N) is 3. The summed E-state index contributed by atoms with van der Waals surface area (Å²) in [5.41, 5.74) is 0.873. The lowest BCUT2D eigenvalue weighted by Crippen LogP contribution is -2.36. The minimum absolute atomic E-state index is 0.0618. The number of aromatic amines is 1. The summed E-state index contributed by atoms with van der Waals surface area (Å²) in [5, 5.41) is 5.59. The van der Waals surface area contributed by atoms with Crippen LogP contribution < -0.4 is 20.9 Å². The second-order valence-electron chi connectivity index (χ2n) is 7.04. The first kappa shape index (κ1) is 21.6. The van der Waals surface area contributed by atoms with Crippen molar-refractivity contribution in [3.05, 3.63) is 75.8 Å². The van der Waals surface area contributed by atoms with Crippen LogP contribution in [-0.4, -0.2) is 28.9 Å². The van der Waals surface area contributed by atoms with Gasteiger partial charge in [0.15, 0.2) is 5.16 Å². The Balaban J connectivity index is 1.57. The molecule has 3 N–H and O–H groups in total. The predicted molar refractivity (Wildman–Crippen MR) is 118 cm³/mol. The quantitative estimate of drug-likeness (QED) is 0.389. The SMILES string of the molecule is COc1ccccc1NC(=O)C1CC(=O)Nc2nc(SCc3ccc(F)cc3)[nH]c(=O)c21. The molecule has 1 atom stereocenters. The topological polar surface area (TPSA) is 113 Å². The highest BCUT2D eigenvalue weighted by molar-refractivity contribution is 7.98. The lowest BCUT2D eigenvalue weighted by atomic mass is 9.92. The number of halogens is 1. The number of ether oxygens (including phenoxy) is 1. The third-order valence-electron chi connectivity index (χ3n) is 4.90. The standard InChI is InChI=1S/C22H19FN4O4S/c1-31-16-5-3-2-4-15(16)24-20(29)14-10-17(28)25-19-18(14)21(30)27-22(26-19)32-11-12-6-8-13(23)9-7-12/h2-9,14H,10-11H2,1H3,(H,24,29)(H2,25,26,27,28,30). The summed E-state index contributed by atoms with van der Waals surface area (Å²) in [6.45, 7) is 0. The van der Waals surface area contributed by atoms with Gasteiger partial charge in [0.05, 0.1) is 24.3 Å². The second-order valence-corrected chi connectivity index (χ2v) is 8.01. The highest BCUT2D eigenvalue weighted by Crippen LogP contribution is 2.32. The fourth-order valence-electron chi connectivity index (χ4n) is 3.34. The third kappa shape index (κ3) is 4.65. The number of rotatable bonds is 6. The van der Waals surface area contributed by atoms with Gasteiger partial charge in [0, 0.05) is 12.2 Å². The highest BCUT2D eigenvalue weighted by atomic mass is 32.2. The summed E-state index contributed by atoms with van der Waals surface area (Å²) in [6, 6.07) is 12.8. The number of hydrogen-bond acceptors (Lipinski definition) is 6. The molecule has 164 valence electrons. The molecule has 2 heterocycles. The Bertz CT molecular complexity index is 1230. The molecule has 0 fully saturated rings. The van der Waals surface area contributed by atoms with Gasteiger partial charge in [-0.1, -0.05) is 36.0 Å². The monoisotopic (exact) mass is 454 g/mol. The molecule has 1 aromatic heterocycles. The molecule has 3 aromatic rings. The number of para-hydroxylation sites is 2. The molecule has 4 rings (SSSR count). The number of anilines is 2. The van der Waals surface area contributed by atoms with E-state index in [9.17, 15) is 18.8 Å². The number of nitrogens with zero attached hydrogens (tertiary/aromatic N) is 1. The van der Waals surface area contributed by atoms with Gasteiger partial charge < -0.3 is 20.4 Å². The number of amides is 2. The largest absolute Gasteiger partial charge is 0.495 e. The van der Waals surface area contributed by atoms with Crippen LogP contribution in [0.1, 0.15) is 23.5 Å². The van der Waals surface area contributed by atoms with E-state index in [4.69, 9.17) is 4.74 Å². The number of thioether (sulfide) groups is 1. The molecule has 0 spiro atoms. The van der Waals surface area contributed by atoms with E-state index >= 15 is 0 Å². The van der Waals surface area contributed by atoms with Crippen LogP contribution in [0.4, 0.5) is 15.9 Å². The maximum Gasteiger partial charge on any atom is 0.257 e. The number of benzene rings is 2. The van der Waals surface area contributed by atoms with Crippen LogP contribution in [-0.2, 0) is 15.3 Å². The molecular formula is C22H19FN4O4S. The fraction of sp³-hybridized carbons (Fsp3) is 0.182. The van der Waals surface area contributed by atoms with Crippen LogP contribution in [0.25, 0.3) is 0 Å². The molecule has 10 heteroatoms. The summed E-state index contributed by atoms with van der Waals surface area (Å²) in [6.07, 6.45) is -0.180. The van der Waals surface area contributed by atoms with Crippen molar-refractivity contribution in [2.24, 2.45) is 0 Å². The zero-order valence-corrected chi connectivity index (χ0v) is 17.8. The van der Waals surface area contributed by atoms with Gasteiger partial charge >= 0.3 is 0 Å². The van der Waals surface area contributed by atoms with Gasteiger partial charge in [-0.2, -0.15) is 0 Å². The molecule has 1 aliphatic rings. The molecule has 0 saturated heterocycles. The summed E-state index contributed by atoms with van der Waals surface area (Å²) >= 11 is 1.23. The molecule has 1 aliphatic heterocycles. The summed E-state index contributed by atoms with van der Waals surface area (Å²) in [4.78, 5) is 45.0. The number of hydrogen-bond donors (Lipinski definition) is 3. The molecule has 0 radical (unpaired) electrons. The summed E-state index contributed by atoms with van der Waals surface area (Å²) < 4.78 is 18.3. The Kier molecular flexibility index (Phi) is 6.22. The van der Waals surface area contributed by atoms with Gasteiger partial charge in [0.2, 0.25) is 11.8 Å². The maximum absolute atomic E-state index is 13.1. The zero-order chi connectivity index (χ0) is 22.7. The Hall–Kier alpha value is -3.66. The third-order valence-corrected chi connectivity index (χ3v) is 5.84. The first-order chi connectivity index (χ1) is 15.4. The fourth-order valence-corrected chi connectivity index (χ4v) is 4.16. The van der Waals surface area contributed by atoms with E-state index in [2.05, 4.69) is 20.6 Å². The Morgan fingerprint density at radius 2 is 1.97 bits per heavy atom. The number of fused-ring (bicyclic) bond motifs is 1. The van der Waals surface area contributed by atoms with Crippen molar-refractivity contribution >= 4 is 35.1 Å². The molecule has 32 heavy (non-hydrogen) atoms. The van der Waals surface area contributed by atoms with E-state index in [1.807, 2.05) is 0 Å². The Labute approximate surface area is 186 Å². The molecule has 2 aromatic carbocycles. The molecule has 1 unspecified atom stereocenters. The summed E-state index contributed by atoms with van der Waals surface area (Å²) in [7, 11) is 1.48. The van der Waals surface area contributed by atoms with Gasteiger partial charge in [-0.3, -0.25) is 14.4 Å². The van der Waals surface area contributed by atoms with Gasteiger partial charge in [-0.05, 0) is 29.8 Å². The highest BCUT2D eigenvalue weighted by Gasteiger charge is 2.35. The van der Waals surface area contributed by atoms with E-state index in [1.165, 1.54) is 31.0 Å². The molecule has 0 saturated carbocycles. The lowest BCUT2D eigenvalue weighted by molar-refractivity contribution is -0.123. The minimum atomic E-state index is -1.00. The molecule has 2 amide bonds. The van der Waals surface area contributed by atoms with Crippen LogP contribution in [0, 0.1) is 5.82 Å². The number of carbonyl (C=O) groups excluding carboxylic acids is 2. The van der Waals surface area contributed by atoms with Crippen molar-refractivity contribution in [2.75, 3.05) is 17.7 Å². The molecular weight excluding hydrogens is 435 g/mol.